The Balaban J connectivity index is 1.89. The average molecular weight is 481 g/mol. The first-order valence-corrected chi connectivity index (χ1v) is 14.7. The summed E-state index contributed by atoms with van der Waals surface area (Å²) < 4.78 is 42.4. The minimum absolute atomic E-state index is 0.261. The van der Waals surface area contributed by atoms with Crippen molar-refractivity contribution in [3.63, 3.8) is 0 Å². The lowest BCUT2D eigenvalue weighted by atomic mass is 9.93. The Kier molecular flexibility index (Phi) is 7.74. The number of likely N-dealkylation sites (tertiary alicyclic amines) is 1. The van der Waals surface area contributed by atoms with Crippen molar-refractivity contribution >= 4 is 14.2 Å². The first-order valence-electron chi connectivity index (χ1n) is 11.0. The van der Waals surface area contributed by atoms with Crippen LogP contribution in [0, 0.1) is 0 Å². The third-order valence-corrected chi connectivity index (χ3v) is 7.61. The fraction of sp³-hybridized carbons (Fsp3) is 0.458. The van der Waals surface area contributed by atoms with E-state index in [1.165, 1.54) is 23.1 Å². The Hall–Kier alpha value is -2.52. The predicted octanol–water partition coefficient (Wildman–Crippen LogP) is 5.87. The first kappa shape index (κ1) is 25.1. The molecule has 1 saturated heterocycles. The van der Waals surface area contributed by atoms with Gasteiger partial charge in [0.05, 0.1) is 6.04 Å². The number of benzene rings is 2. The fourth-order valence-corrected chi connectivity index (χ4v) is 5.19. The number of ether oxygens (including phenoxy) is 1. The molecule has 1 aliphatic rings. The standard InChI is InChI=1S/C24H31F3N2O3Si/c1-33(2,3)13-12-29(23(30)31)22-17-28(15-18-8-5-4-6-9-18)16-21(22)19-10-7-11-20(14-19)32-24(25,26)27/h4-11,14,21-22H,12-13,15-17H2,1-3H3,(H,30,31). The van der Waals surface area contributed by atoms with E-state index < -0.39 is 20.5 Å². The van der Waals surface area contributed by atoms with E-state index in [0.717, 1.165) is 11.6 Å². The van der Waals surface area contributed by atoms with Crippen molar-refractivity contribution in [2.75, 3.05) is 19.6 Å². The van der Waals surface area contributed by atoms with Crippen LogP contribution in [-0.2, 0) is 6.54 Å². The Morgan fingerprint density at radius 1 is 1.12 bits per heavy atom. The molecule has 1 aliphatic heterocycles. The van der Waals surface area contributed by atoms with Crippen LogP contribution in [-0.4, -0.2) is 61.1 Å². The molecule has 5 nitrogen and oxygen atoms in total. The van der Waals surface area contributed by atoms with Crippen LogP contribution in [0.3, 0.4) is 0 Å². The van der Waals surface area contributed by atoms with Crippen molar-refractivity contribution in [3.05, 3.63) is 65.7 Å². The molecule has 1 amide bonds. The molecule has 2 aromatic rings. The van der Waals surface area contributed by atoms with Crippen molar-refractivity contribution in [2.24, 2.45) is 0 Å². The number of alkyl halides is 3. The second kappa shape index (κ2) is 10.2. The van der Waals surface area contributed by atoms with Crippen LogP contribution < -0.4 is 4.74 Å². The van der Waals surface area contributed by atoms with E-state index >= 15 is 0 Å². The molecule has 180 valence electrons. The summed E-state index contributed by atoms with van der Waals surface area (Å²) in [7, 11) is -1.50. The second-order valence-electron chi connectivity index (χ2n) is 9.76. The van der Waals surface area contributed by atoms with Crippen molar-refractivity contribution < 1.29 is 27.8 Å². The Bertz CT molecular complexity index is 935. The maximum atomic E-state index is 12.8. The third kappa shape index (κ3) is 7.50. The van der Waals surface area contributed by atoms with Crippen LogP contribution >= 0.6 is 0 Å². The lowest BCUT2D eigenvalue weighted by molar-refractivity contribution is -0.274. The highest BCUT2D eigenvalue weighted by atomic mass is 28.3. The smallest absolute Gasteiger partial charge is 0.465 e. The molecule has 0 spiro atoms. The summed E-state index contributed by atoms with van der Waals surface area (Å²) in [5.41, 5.74) is 1.76. The van der Waals surface area contributed by atoms with E-state index in [2.05, 4.69) is 29.3 Å². The molecule has 1 fully saturated rings. The summed E-state index contributed by atoms with van der Waals surface area (Å²) in [5, 5.41) is 10.0. The van der Waals surface area contributed by atoms with Crippen molar-refractivity contribution in [3.8, 4) is 5.75 Å². The summed E-state index contributed by atoms with van der Waals surface area (Å²) in [6, 6.07) is 16.3. The molecular weight excluding hydrogens is 449 g/mol. The minimum atomic E-state index is -4.78. The molecule has 0 aromatic heterocycles. The van der Waals surface area contributed by atoms with Crippen LogP contribution in [0.25, 0.3) is 0 Å². The SMILES string of the molecule is C[Si](C)(C)CCN(C(=O)O)C1CN(Cc2ccccc2)CC1c1cccc(OC(F)(F)F)c1. The van der Waals surface area contributed by atoms with Gasteiger partial charge in [0.2, 0.25) is 0 Å². The van der Waals surface area contributed by atoms with Crippen LogP contribution in [0.2, 0.25) is 25.7 Å². The number of carboxylic acid groups (broad SMARTS) is 1. The summed E-state index contributed by atoms with van der Waals surface area (Å²) in [4.78, 5) is 15.9. The zero-order valence-corrected chi connectivity index (χ0v) is 20.2. The Morgan fingerprint density at radius 3 is 2.42 bits per heavy atom. The maximum absolute atomic E-state index is 12.8. The van der Waals surface area contributed by atoms with Gasteiger partial charge in [0.15, 0.2) is 0 Å². The lowest BCUT2D eigenvalue weighted by Gasteiger charge is -2.32. The predicted molar refractivity (Wildman–Crippen MR) is 124 cm³/mol. The van der Waals surface area contributed by atoms with Gasteiger partial charge in [0, 0.05) is 40.2 Å². The van der Waals surface area contributed by atoms with E-state index in [9.17, 15) is 23.1 Å². The molecule has 3 rings (SSSR count). The van der Waals surface area contributed by atoms with Crippen LogP contribution in [0.1, 0.15) is 17.0 Å². The molecule has 2 atom stereocenters. The van der Waals surface area contributed by atoms with E-state index in [1.807, 2.05) is 30.3 Å². The largest absolute Gasteiger partial charge is 0.573 e. The van der Waals surface area contributed by atoms with Crippen LogP contribution in [0.15, 0.2) is 54.6 Å². The first-order chi connectivity index (χ1) is 15.4. The van der Waals surface area contributed by atoms with E-state index in [-0.39, 0.29) is 17.7 Å². The molecule has 2 aromatic carbocycles. The van der Waals surface area contributed by atoms with Crippen LogP contribution in [0.5, 0.6) is 5.75 Å². The van der Waals surface area contributed by atoms with Gasteiger partial charge in [-0.05, 0) is 29.3 Å². The highest BCUT2D eigenvalue weighted by Gasteiger charge is 2.40. The van der Waals surface area contributed by atoms with Gasteiger partial charge in [-0.3, -0.25) is 4.90 Å². The topological polar surface area (TPSA) is 53.0 Å². The summed E-state index contributed by atoms with van der Waals surface area (Å²) in [5.74, 6) is -0.549. The fourth-order valence-electron chi connectivity index (χ4n) is 4.28. The van der Waals surface area contributed by atoms with Crippen LogP contribution in [0.4, 0.5) is 18.0 Å². The number of hydrogen-bond acceptors (Lipinski definition) is 3. The van der Waals surface area contributed by atoms with Gasteiger partial charge in [0.1, 0.15) is 5.75 Å². The van der Waals surface area contributed by atoms with Crippen molar-refractivity contribution in [2.45, 2.75) is 50.6 Å². The van der Waals surface area contributed by atoms with Gasteiger partial charge in [-0.1, -0.05) is 62.1 Å². The molecule has 0 saturated carbocycles. The molecule has 1 N–H and O–H groups in total. The minimum Gasteiger partial charge on any atom is -0.465 e. The van der Waals surface area contributed by atoms with E-state index in [0.29, 0.717) is 31.7 Å². The van der Waals surface area contributed by atoms with Crippen molar-refractivity contribution in [1.82, 2.24) is 9.80 Å². The summed E-state index contributed by atoms with van der Waals surface area (Å²) in [6.07, 6.45) is -5.77. The quantitative estimate of drug-likeness (QED) is 0.480. The Morgan fingerprint density at radius 2 is 1.82 bits per heavy atom. The number of halogens is 3. The normalized spacial score (nSPS) is 19.5. The van der Waals surface area contributed by atoms with Gasteiger partial charge in [-0.15, -0.1) is 13.2 Å². The molecule has 33 heavy (non-hydrogen) atoms. The number of amides is 1. The third-order valence-electron chi connectivity index (χ3n) is 5.88. The number of rotatable bonds is 8. The lowest BCUT2D eigenvalue weighted by Crippen LogP contribution is -2.45. The number of hydrogen-bond donors (Lipinski definition) is 1. The highest BCUT2D eigenvalue weighted by Crippen LogP contribution is 2.35. The number of carbonyl (C=O) groups is 1. The second-order valence-corrected chi connectivity index (χ2v) is 15.4. The van der Waals surface area contributed by atoms with Gasteiger partial charge in [-0.2, -0.15) is 0 Å². The summed E-state index contributed by atoms with van der Waals surface area (Å²) >= 11 is 0. The van der Waals surface area contributed by atoms with Gasteiger partial charge < -0.3 is 14.7 Å². The zero-order chi connectivity index (χ0) is 24.2. The monoisotopic (exact) mass is 480 g/mol. The maximum Gasteiger partial charge on any atom is 0.573 e. The molecule has 0 radical (unpaired) electrons. The van der Waals surface area contributed by atoms with E-state index in [1.54, 1.807) is 6.07 Å². The van der Waals surface area contributed by atoms with Gasteiger partial charge in [0.25, 0.3) is 0 Å². The molecule has 9 heteroatoms. The molecule has 0 bridgehead atoms. The molecular formula is C24H31F3N2O3Si. The number of nitrogens with zero attached hydrogens (tertiary/aromatic N) is 2. The van der Waals surface area contributed by atoms with Crippen molar-refractivity contribution in [1.29, 1.82) is 0 Å². The molecule has 0 aliphatic carbocycles. The van der Waals surface area contributed by atoms with Gasteiger partial charge >= 0.3 is 12.5 Å². The van der Waals surface area contributed by atoms with E-state index in [4.69, 9.17) is 0 Å². The zero-order valence-electron chi connectivity index (χ0n) is 19.2. The average Bonchev–Trinajstić information content (AvgIpc) is 3.10. The highest BCUT2D eigenvalue weighted by molar-refractivity contribution is 6.76. The van der Waals surface area contributed by atoms with Gasteiger partial charge in [-0.25, -0.2) is 4.79 Å². The summed E-state index contributed by atoms with van der Waals surface area (Å²) in [6.45, 7) is 8.71. The molecule has 2 unspecified atom stereocenters. The Labute approximate surface area is 193 Å². The molecule has 1 heterocycles.